The van der Waals surface area contributed by atoms with Gasteiger partial charge in [0, 0.05) is 58.7 Å². The maximum atomic E-state index is 11.6. The molecule has 0 radical (unpaired) electrons. The van der Waals surface area contributed by atoms with E-state index in [-0.39, 0.29) is 62.2 Å². The number of carbonyl (C=O) groups is 5. The molecule has 3 atom stereocenters. The maximum Gasteiger partial charge on any atom is 0.519 e. The predicted molar refractivity (Wildman–Crippen MR) is 496 cm³/mol. The quantitative estimate of drug-likeness (QED) is 0.00952. The minimum absolute atomic E-state index is 0. The van der Waals surface area contributed by atoms with Gasteiger partial charge in [-0.05, 0) is 268 Å². The second-order valence-electron chi connectivity index (χ2n) is 34.6. The van der Waals surface area contributed by atoms with Crippen LogP contribution >= 0.6 is 56.6 Å². The number of nitrogens with one attached hydrogen (secondary N) is 2. The van der Waals surface area contributed by atoms with Crippen LogP contribution in [0, 0.1) is 23.7 Å². The Hall–Kier alpha value is -5.66. The topological polar surface area (TPSA) is 335 Å². The van der Waals surface area contributed by atoms with E-state index in [1.807, 2.05) is 139 Å². The first kappa shape index (κ1) is 117. The van der Waals surface area contributed by atoms with Gasteiger partial charge < -0.3 is 89.9 Å². The zero-order valence-electron chi connectivity index (χ0n) is 75.8. The molecule has 696 valence electrons. The Labute approximate surface area is 751 Å². The molecule has 4 aromatic carbocycles. The van der Waals surface area contributed by atoms with E-state index in [9.17, 15) is 39.3 Å². The number of aliphatic hydroxyl groups excluding tert-OH is 4. The van der Waals surface area contributed by atoms with Crippen molar-refractivity contribution in [1.82, 2.24) is 10.6 Å². The zero-order chi connectivity index (χ0) is 88.9. The van der Waals surface area contributed by atoms with Gasteiger partial charge in [-0.15, -0.1) is 56.6 Å². The fourth-order valence-corrected chi connectivity index (χ4v) is 12.8. The number of alkyl carbamates (subject to hydrolysis) is 2. The number of Topliss-reactive ketones (excluding diaryl/α,β-unsaturated/α-hetero) is 1. The predicted octanol–water partition coefficient (Wildman–Crippen LogP) is 20.2. The summed E-state index contributed by atoms with van der Waals surface area (Å²) in [6, 6.07) is 31.5. The summed E-state index contributed by atoms with van der Waals surface area (Å²) in [5.41, 5.74) is 12.3. The maximum absolute atomic E-state index is 11.6. The summed E-state index contributed by atoms with van der Waals surface area (Å²) >= 11 is 9.53. The number of carbonyl (C=O) groups excluding carboxylic acids is 5. The molecule has 28 heteroatoms. The van der Waals surface area contributed by atoms with Crippen LogP contribution in [-0.4, -0.2) is 183 Å². The van der Waals surface area contributed by atoms with Gasteiger partial charge in [0.1, 0.15) is 45.4 Å². The normalized spacial score (nSPS) is 15.5. The van der Waals surface area contributed by atoms with E-state index < -0.39 is 65.2 Å². The van der Waals surface area contributed by atoms with Gasteiger partial charge in [0.05, 0.1) is 56.6 Å². The lowest BCUT2D eigenvalue weighted by Crippen LogP contribution is -2.37. The highest BCUT2D eigenvalue weighted by Crippen LogP contribution is 2.30. The summed E-state index contributed by atoms with van der Waals surface area (Å²) in [6.45, 7) is 33.0. The lowest BCUT2D eigenvalue weighted by Gasteiger charge is -2.22. The smallest absolute Gasteiger partial charge is 0.493 e. The van der Waals surface area contributed by atoms with Gasteiger partial charge in [0.2, 0.25) is 0 Å². The van der Waals surface area contributed by atoms with Crippen molar-refractivity contribution in [1.29, 1.82) is 0 Å². The first-order chi connectivity index (χ1) is 56.4. The molecule has 5 fully saturated rings. The van der Waals surface area contributed by atoms with E-state index in [4.69, 9.17) is 82.4 Å². The van der Waals surface area contributed by atoms with Crippen LogP contribution in [0.1, 0.15) is 254 Å². The van der Waals surface area contributed by atoms with Gasteiger partial charge in [-0.3, -0.25) is 4.79 Å². The number of amides is 2. The fraction of sp³-hybridized carbons (Fsp3) is 0.688. The van der Waals surface area contributed by atoms with E-state index in [2.05, 4.69) is 28.7 Å². The number of benzene rings is 4. The van der Waals surface area contributed by atoms with Crippen molar-refractivity contribution in [3.05, 3.63) is 119 Å². The summed E-state index contributed by atoms with van der Waals surface area (Å²) in [4.78, 5) is 56.6. The highest BCUT2D eigenvalue weighted by atomic mass is 35.5. The van der Waals surface area contributed by atoms with E-state index in [0.717, 1.165) is 93.5 Å². The van der Waals surface area contributed by atoms with Gasteiger partial charge in [-0.25, -0.2) is 19.2 Å². The number of ketones is 1. The molecule has 3 unspecified atom stereocenters. The lowest BCUT2D eigenvalue weighted by molar-refractivity contribution is -0.117. The summed E-state index contributed by atoms with van der Waals surface area (Å²) in [5, 5.41) is 42.9. The molecule has 10 N–H and O–H groups in total. The third-order valence-electron chi connectivity index (χ3n) is 18.3. The monoisotopic (exact) mass is 1800 g/mol. The first-order valence-electron chi connectivity index (χ1n) is 43.2. The molecule has 1 saturated heterocycles. The van der Waals surface area contributed by atoms with Gasteiger partial charge in [-0.2, -0.15) is 0 Å². The van der Waals surface area contributed by atoms with Gasteiger partial charge >= 0.3 is 24.5 Å². The van der Waals surface area contributed by atoms with Crippen molar-refractivity contribution in [2.75, 3.05) is 91.1 Å². The van der Waals surface area contributed by atoms with Crippen molar-refractivity contribution in [3.63, 3.8) is 0 Å². The van der Waals surface area contributed by atoms with E-state index in [0.29, 0.717) is 55.9 Å². The van der Waals surface area contributed by atoms with Crippen molar-refractivity contribution < 1.29 is 91.8 Å². The Kier molecular flexibility index (Phi) is 67.5. The highest BCUT2D eigenvalue weighted by molar-refractivity contribution is 7.35. The minimum Gasteiger partial charge on any atom is -0.493 e. The third-order valence-corrected chi connectivity index (χ3v) is 18.3. The van der Waals surface area contributed by atoms with Crippen molar-refractivity contribution in [2.45, 2.75) is 298 Å². The van der Waals surface area contributed by atoms with Crippen LogP contribution in [0.15, 0.2) is 97.1 Å². The van der Waals surface area contributed by atoms with Crippen LogP contribution < -0.4 is 41.0 Å². The molecule has 0 bridgehead atoms. The Morgan fingerprint density at radius 2 is 0.702 bits per heavy atom. The van der Waals surface area contributed by atoms with Crippen molar-refractivity contribution >= 4 is 86.9 Å². The summed E-state index contributed by atoms with van der Waals surface area (Å²) in [5.74, 6) is 6.27. The van der Waals surface area contributed by atoms with Crippen LogP contribution in [0.25, 0.3) is 0 Å². The molecule has 2 amide bonds. The molecule has 121 heavy (non-hydrogen) atoms. The third kappa shape index (κ3) is 68.3. The minimum atomic E-state index is -1.06. The Morgan fingerprint density at radius 3 is 0.942 bits per heavy atom. The van der Waals surface area contributed by atoms with Gasteiger partial charge in [-0.1, -0.05) is 126 Å². The average Bonchev–Trinajstić information content (AvgIpc) is 1.22. The number of halogens is 4. The Morgan fingerprint density at radius 1 is 0.446 bits per heavy atom. The molecular formula is C93H157Cl4N4O19P. The molecule has 23 nitrogen and oxygen atoms in total. The van der Waals surface area contributed by atoms with Crippen molar-refractivity contribution in [3.8, 4) is 23.0 Å². The molecule has 0 aromatic heterocycles. The molecule has 9 rings (SSSR count). The van der Waals surface area contributed by atoms with E-state index >= 15 is 0 Å². The summed E-state index contributed by atoms with van der Waals surface area (Å²) in [7, 11) is 1.08. The van der Waals surface area contributed by atoms with Crippen LogP contribution in [0.2, 0.25) is 0 Å². The number of hydrogen-bond acceptors (Lipinski definition) is 21. The number of ether oxygens (including phenoxy) is 10. The number of rotatable bonds is 26. The number of aliphatic hydroxyl groups is 4. The Balaban J connectivity index is 0. The zero-order valence-corrected chi connectivity index (χ0v) is 79.9. The summed E-state index contributed by atoms with van der Waals surface area (Å²) < 4.78 is 52.7. The number of nitrogens with two attached hydrogens (primary N) is 2. The molecule has 0 spiro atoms. The molecule has 4 aliphatic carbocycles. The SMILES string of the molecule is C1CCOC1.CC(C)(C)OC(=O)NCC(O)Cc1cccc(OCC2CCCCC2)c1.CC(C)(C)OC(=O)NCC(O)Cc1cccc(OCC2CCCCC2)c1.CC(C)(C)OC(=O)OC(=O)OC(C)(C)C.CCO.CPC.Cl.Cl.ClCCl.NCC(=O)Cc1cccc(OCC2CCCCC2)c1.NCC(O)Cc1cccc(OCC2CCCCC2)c1. The summed E-state index contributed by atoms with van der Waals surface area (Å²) in [6.07, 6.45) is 25.7. The van der Waals surface area contributed by atoms with E-state index in [1.165, 1.54) is 141 Å². The second kappa shape index (κ2) is 69.5. The van der Waals surface area contributed by atoms with Crippen LogP contribution in [-0.2, 0) is 58.9 Å². The van der Waals surface area contributed by atoms with Gasteiger partial charge in [0.25, 0.3) is 0 Å². The molecule has 5 aliphatic rings. The highest BCUT2D eigenvalue weighted by Gasteiger charge is 2.26. The molecular weight excluding hydrogens is 1650 g/mol. The molecule has 1 heterocycles. The fourth-order valence-electron chi connectivity index (χ4n) is 12.8. The van der Waals surface area contributed by atoms with Gasteiger partial charge in [0.15, 0.2) is 5.78 Å². The Bertz CT molecular complexity index is 3140. The van der Waals surface area contributed by atoms with E-state index in [1.54, 1.807) is 48.5 Å². The molecule has 1 aliphatic heterocycles. The molecule has 4 saturated carbocycles. The molecule has 4 aromatic rings. The van der Waals surface area contributed by atoms with Crippen LogP contribution in [0.5, 0.6) is 23.0 Å². The largest absolute Gasteiger partial charge is 0.519 e. The second-order valence-corrected chi connectivity index (χ2v) is 36.4. The first-order valence-corrected chi connectivity index (χ1v) is 46.3. The number of hydrogen-bond donors (Lipinski definition) is 8. The lowest BCUT2D eigenvalue weighted by atomic mass is 9.90. The number of alkyl halides is 2. The standard InChI is InChI=1S/2C21H33NO4.C16H25NO2.C16H23NO2.C10H18O5.C4H8O.C2H6O.C2H7P.CH2Cl2.2ClH/c2*1-21(2,3)26-20(24)22-14-18(23)12-17-10-7-11-19(13-17)25-15-16-8-5-4-6-9-16;2*17-11-15(18)9-14-7-4-8-16(10-14)19-12-13-5-2-1-3-6-13;1-9(2,3)14-7(11)13-8(12)15-10(4,5)6;1-2-4-5-3-1;1-2-3;1-3-2;2-1-3;;/h2*7,10-11,13,16,18,23H,4-6,8-9,12,14-15H2,1-3H3,(H,22,24);4,7-8,10,13,15,18H,1-3,5-6,9,11-12,17H2;4,7-8,10,13H,1-3,5-6,9,11-12,17H2;1-6H3;1-4H2;3H,2H2,1H3;3H,1-2H3;1H2;2*1H. The van der Waals surface area contributed by atoms with Crippen molar-refractivity contribution in [2.24, 2.45) is 35.1 Å². The van der Waals surface area contributed by atoms with Crippen LogP contribution in [0.3, 0.4) is 0 Å². The average molecular weight is 1810 g/mol. The van der Waals surface area contributed by atoms with Crippen LogP contribution in [0.4, 0.5) is 19.2 Å².